The van der Waals surface area contributed by atoms with Crippen LogP contribution in [-0.2, 0) is 12.8 Å². The van der Waals surface area contributed by atoms with Gasteiger partial charge in [0, 0.05) is 26.9 Å². The maximum absolute atomic E-state index is 13.9. The lowest BCUT2D eigenvalue weighted by atomic mass is 9.90. The summed E-state index contributed by atoms with van der Waals surface area (Å²) in [7, 11) is 0. The molecule has 40 heavy (non-hydrogen) atoms. The number of para-hydroxylation sites is 1. The summed E-state index contributed by atoms with van der Waals surface area (Å²) >= 11 is 4.53. The van der Waals surface area contributed by atoms with Gasteiger partial charge in [-0.1, -0.05) is 54.6 Å². The zero-order valence-corrected chi connectivity index (χ0v) is 24.3. The Labute approximate surface area is 243 Å². The lowest BCUT2D eigenvalue weighted by Gasteiger charge is -2.19. The van der Waals surface area contributed by atoms with E-state index in [4.69, 9.17) is 10.7 Å². The van der Waals surface area contributed by atoms with Gasteiger partial charge in [-0.05, 0) is 66.8 Å². The molecule has 1 aliphatic rings. The molecule has 0 radical (unpaired) electrons. The van der Waals surface area contributed by atoms with Gasteiger partial charge in [-0.2, -0.15) is 4.99 Å². The Morgan fingerprint density at radius 2 is 1.77 bits per heavy atom. The summed E-state index contributed by atoms with van der Waals surface area (Å²) in [6.07, 6.45) is 4.23. The minimum atomic E-state index is -0.334. The highest BCUT2D eigenvalue weighted by molar-refractivity contribution is 7.21. The highest BCUT2D eigenvalue weighted by atomic mass is 32.1. The molecule has 2 N–H and O–H groups in total. The third kappa shape index (κ3) is 4.23. The van der Waals surface area contributed by atoms with Crippen molar-refractivity contribution >= 4 is 55.8 Å². The number of thiazole rings is 1. The fourth-order valence-electron chi connectivity index (χ4n) is 5.54. The van der Waals surface area contributed by atoms with Crippen LogP contribution in [0.2, 0.25) is 0 Å². The van der Waals surface area contributed by atoms with E-state index < -0.39 is 0 Å². The van der Waals surface area contributed by atoms with Crippen LogP contribution >= 0.6 is 34.0 Å². The smallest absolute Gasteiger partial charge is 0.291 e. The number of hydrogen-bond donors (Lipinski definition) is 1. The van der Waals surface area contributed by atoms with E-state index in [9.17, 15) is 4.79 Å². The molecule has 0 fully saturated rings. The molecule has 0 bridgehead atoms. The number of thiophene rings is 2. The third-order valence-electron chi connectivity index (χ3n) is 7.45. The monoisotopic (exact) mass is 578 g/mol. The van der Waals surface area contributed by atoms with Gasteiger partial charge >= 0.3 is 0 Å². The molecule has 2 aromatic carbocycles. The second-order valence-corrected chi connectivity index (χ2v) is 12.7. The van der Waals surface area contributed by atoms with Crippen LogP contribution in [0, 0.1) is 6.92 Å². The fraction of sp³-hybridized carbons (Fsp3) is 0.156. The molecule has 1 aliphatic carbocycles. The summed E-state index contributed by atoms with van der Waals surface area (Å²) in [5, 5.41) is 5.05. The largest absolute Gasteiger partial charge is 0.397 e. The number of carbonyl (C=O) groups is 1. The van der Waals surface area contributed by atoms with Crippen molar-refractivity contribution in [3.05, 3.63) is 104 Å². The van der Waals surface area contributed by atoms with Gasteiger partial charge in [0.15, 0.2) is 4.80 Å². The Kier molecular flexibility index (Phi) is 6.46. The maximum Gasteiger partial charge on any atom is 0.291 e. The van der Waals surface area contributed by atoms with Crippen LogP contribution in [0.1, 0.15) is 39.3 Å². The molecular weight excluding hydrogens is 553 g/mol. The number of benzene rings is 2. The summed E-state index contributed by atoms with van der Waals surface area (Å²) in [5.74, 6) is -0.334. The Morgan fingerprint density at radius 1 is 0.975 bits per heavy atom. The van der Waals surface area contributed by atoms with E-state index in [1.165, 1.54) is 33.1 Å². The first-order valence-electron chi connectivity index (χ1n) is 13.3. The van der Waals surface area contributed by atoms with Crippen molar-refractivity contribution < 1.29 is 4.79 Å². The SMILES string of the molecule is Cc1ccccc1-n1c(-c2ccccc2)csc1=NC(=O)c1sc2nc3c(c(-c4cccs4)c2c1N)CCCC3. The Morgan fingerprint density at radius 3 is 2.58 bits per heavy atom. The molecule has 4 aromatic heterocycles. The van der Waals surface area contributed by atoms with Crippen LogP contribution in [0.5, 0.6) is 0 Å². The van der Waals surface area contributed by atoms with Crippen LogP contribution in [0.25, 0.3) is 37.6 Å². The van der Waals surface area contributed by atoms with Gasteiger partial charge in [0.25, 0.3) is 5.91 Å². The van der Waals surface area contributed by atoms with Gasteiger partial charge in [0.2, 0.25) is 0 Å². The van der Waals surface area contributed by atoms with E-state index in [-0.39, 0.29) is 5.91 Å². The lowest BCUT2D eigenvalue weighted by Crippen LogP contribution is -2.17. The number of nitrogen functional groups attached to an aromatic ring is 1. The lowest BCUT2D eigenvalue weighted by molar-refractivity contribution is 0.100. The first kappa shape index (κ1) is 25.1. The predicted octanol–water partition coefficient (Wildman–Crippen LogP) is 8.05. The number of nitrogens with two attached hydrogens (primary N) is 1. The molecule has 7 rings (SSSR count). The van der Waals surface area contributed by atoms with Gasteiger partial charge in [0.1, 0.15) is 9.71 Å². The van der Waals surface area contributed by atoms with E-state index in [0.29, 0.717) is 15.4 Å². The summed E-state index contributed by atoms with van der Waals surface area (Å²) in [6.45, 7) is 2.07. The standard InChI is InChI=1S/C32H26N4OS3/c1-19-10-5-8-15-23(19)36-24(20-11-3-2-4-12-20)18-39-32(36)35-30(37)29-28(33)27-26(25-16-9-17-38-25)21-13-6-7-14-22(21)34-31(27)40-29/h2-5,8-12,15-18H,6-7,13-14,33H2,1H3. The molecule has 1 amide bonds. The quantitative estimate of drug-likeness (QED) is 0.230. The summed E-state index contributed by atoms with van der Waals surface area (Å²) in [6, 6.07) is 22.6. The second-order valence-electron chi connectivity index (χ2n) is 9.93. The van der Waals surface area contributed by atoms with E-state index in [1.54, 1.807) is 11.3 Å². The maximum atomic E-state index is 13.9. The van der Waals surface area contributed by atoms with Gasteiger partial charge in [0.05, 0.1) is 17.1 Å². The molecule has 0 atom stereocenters. The molecular formula is C32H26N4OS3. The van der Waals surface area contributed by atoms with Crippen molar-refractivity contribution in [2.75, 3.05) is 5.73 Å². The van der Waals surface area contributed by atoms with E-state index in [0.717, 1.165) is 69.7 Å². The third-order valence-corrected chi connectivity index (χ3v) is 10.2. The summed E-state index contributed by atoms with van der Waals surface area (Å²) < 4.78 is 2.07. The molecule has 4 heterocycles. The van der Waals surface area contributed by atoms with Crippen molar-refractivity contribution in [1.29, 1.82) is 0 Å². The molecule has 8 heteroatoms. The number of pyridine rings is 1. The Balaban J connectivity index is 1.42. The molecule has 0 spiro atoms. The van der Waals surface area contributed by atoms with Gasteiger partial charge < -0.3 is 5.73 Å². The molecule has 0 aliphatic heterocycles. The second kappa shape index (κ2) is 10.3. The van der Waals surface area contributed by atoms with Crippen molar-refractivity contribution in [1.82, 2.24) is 9.55 Å². The van der Waals surface area contributed by atoms with Crippen molar-refractivity contribution in [2.24, 2.45) is 4.99 Å². The zero-order chi connectivity index (χ0) is 27.2. The summed E-state index contributed by atoms with van der Waals surface area (Å²) in [4.78, 5) is 26.6. The minimum absolute atomic E-state index is 0.334. The molecule has 0 unspecified atom stereocenters. The highest BCUT2D eigenvalue weighted by Gasteiger charge is 2.26. The van der Waals surface area contributed by atoms with E-state index in [2.05, 4.69) is 63.6 Å². The Bertz CT molecular complexity index is 1950. The van der Waals surface area contributed by atoms with Crippen LogP contribution in [-0.4, -0.2) is 15.5 Å². The number of rotatable bonds is 4. The fourth-order valence-corrected chi connectivity index (χ4v) is 8.25. The van der Waals surface area contributed by atoms with Crippen molar-refractivity contribution in [2.45, 2.75) is 32.6 Å². The van der Waals surface area contributed by atoms with E-state index >= 15 is 0 Å². The van der Waals surface area contributed by atoms with Gasteiger partial charge in [-0.15, -0.1) is 34.0 Å². The number of nitrogens with zero attached hydrogens (tertiary/aromatic N) is 3. The zero-order valence-electron chi connectivity index (χ0n) is 21.9. The highest BCUT2D eigenvalue weighted by Crippen LogP contribution is 2.45. The molecule has 5 nitrogen and oxygen atoms in total. The van der Waals surface area contributed by atoms with Gasteiger partial charge in [-0.25, -0.2) is 4.98 Å². The Hall–Kier alpha value is -3.85. The number of carbonyl (C=O) groups excluding carboxylic acids is 1. The average molecular weight is 579 g/mol. The first-order valence-corrected chi connectivity index (χ1v) is 15.9. The number of aromatic nitrogens is 2. The van der Waals surface area contributed by atoms with Crippen LogP contribution < -0.4 is 10.5 Å². The van der Waals surface area contributed by atoms with Crippen LogP contribution in [0.4, 0.5) is 5.69 Å². The van der Waals surface area contributed by atoms with Crippen molar-refractivity contribution in [3.63, 3.8) is 0 Å². The summed E-state index contributed by atoms with van der Waals surface area (Å²) in [5.41, 5.74) is 15.0. The molecule has 0 saturated heterocycles. The number of hydrogen-bond acceptors (Lipinski definition) is 6. The molecule has 6 aromatic rings. The van der Waals surface area contributed by atoms with Gasteiger partial charge in [-0.3, -0.25) is 9.36 Å². The van der Waals surface area contributed by atoms with Crippen LogP contribution in [0.3, 0.4) is 0 Å². The molecule has 0 saturated carbocycles. The van der Waals surface area contributed by atoms with Crippen molar-refractivity contribution in [3.8, 4) is 27.4 Å². The van der Waals surface area contributed by atoms with E-state index in [1.807, 2.05) is 30.3 Å². The predicted molar refractivity (Wildman–Crippen MR) is 168 cm³/mol. The number of anilines is 1. The average Bonchev–Trinajstić information content (AvgIpc) is 3.73. The minimum Gasteiger partial charge on any atom is -0.397 e. The normalized spacial score (nSPS) is 13.6. The molecule has 198 valence electrons. The number of aryl methyl sites for hydroxylation is 2. The number of fused-ring (bicyclic) bond motifs is 2. The first-order chi connectivity index (χ1) is 19.6. The van der Waals surface area contributed by atoms with Crippen LogP contribution in [0.15, 0.2) is 82.5 Å². The number of amides is 1. The topological polar surface area (TPSA) is 73.3 Å².